The van der Waals surface area contributed by atoms with Gasteiger partial charge in [0.15, 0.2) is 0 Å². The number of esters is 1. The molecule has 2 nitrogen and oxygen atoms in total. The van der Waals surface area contributed by atoms with E-state index >= 15 is 0 Å². The van der Waals surface area contributed by atoms with Crippen LogP contribution in [-0.2, 0) is 9.53 Å². The minimum absolute atomic E-state index is 0.0220. The van der Waals surface area contributed by atoms with Gasteiger partial charge in [0, 0.05) is 12.8 Å². The van der Waals surface area contributed by atoms with E-state index in [0.29, 0.717) is 0 Å². The van der Waals surface area contributed by atoms with Gasteiger partial charge in [0.1, 0.15) is 5.60 Å². The molecule has 0 unspecified atom stereocenters. The third-order valence-corrected chi connectivity index (χ3v) is 3.96. The zero-order valence-electron chi connectivity index (χ0n) is 12.9. The Kier molecular flexibility index (Phi) is 4.79. The van der Waals surface area contributed by atoms with Gasteiger partial charge >= 0.3 is 5.97 Å². The summed E-state index contributed by atoms with van der Waals surface area (Å²) in [6.45, 7) is 5.54. The van der Waals surface area contributed by atoms with E-state index in [9.17, 15) is 4.79 Å². The van der Waals surface area contributed by atoms with Gasteiger partial charge in [-0.25, -0.2) is 0 Å². The molecule has 0 aliphatic heterocycles. The molecule has 0 saturated heterocycles. The van der Waals surface area contributed by atoms with Crippen molar-refractivity contribution in [3.8, 4) is 0 Å². The first-order valence-electron chi connectivity index (χ1n) is 7.36. The van der Waals surface area contributed by atoms with Crippen LogP contribution < -0.4 is 0 Å². The summed E-state index contributed by atoms with van der Waals surface area (Å²) >= 11 is 0. The van der Waals surface area contributed by atoms with Gasteiger partial charge < -0.3 is 4.74 Å². The molecule has 2 rings (SSSR count). The zero-order valence-corrected chi connectivity index (χ0v) is 12.9. The molecule has 2 aromatic carbocycles. The summed E-state index contributed by atoms with van der Waals surface area (Å²) in [5, 5.41) is 0. The Morgan fingerprint density at radius 3 is 1.76 bits per heavy atom. The van der Waals surface area contributed by atoms with Crippen molar-refractivity contribution in [1.82, 2.24) is 0 Å². The predicted octanol–water partition coefficient (Wildman–Crippen LogP) is 4.55. The Morgan fingerprint density at radius 1 is 1.00 bits per heavy atom. The van der Waals surface area contributed by atoms with Crippen molar-refractivity contribution in [3.05, 3.63) is 71.8 Å². The highest BCUT2D eigenvalue weighted by molar-refractivity contribution is 5.67. The number of benzene rings is 2. The maximum atomic E-state index is 11.6. The van der Waals surface area contributed by atoms with E-state index in [-0.39, 0.29) is 11.9 Å². The van der Waals surface area contributed by atoms with Gasteiger partial charge in [-0.05, 0) is 24.5 Å². The van der Waals surface area contributed by atoms with Gasteiger partial charge in [0.05, 0.1) is 0 Å². The van der Waals surface area contributed by atoms with Crippen molar-refractivity contribution >= 4 is 5.97 Å². The lowest BCUT2D eigenvalue weighted by Crippen LogP contribution is -2.38. The lowest BCUT2D eigenvalue weighted by Gasteiger charge is -2.37. The number of carbonyl (C=O) groups excluding carboxylic acids is 1. The zero-order chi connectivity index (χ0) is 15.3. The highest BCUT2D eigenvalue weighted by atomic mass is 16.6. The molecule has 2 heteroatoms. The second kappa shape index (κ2) is 6.57. The van der Waals surface area contributed by atoms with Crippen LogP contribution in [0.4, 0.5) is 0 Å². The average molecular weight is 282 g/mol. The molecular weight excluding hydrogens is 260 g/mol. The third kappa shape index (κ3) is 3.52. The van der Waals surface area contributed by atoms with E-state index in [2.05, 4.69) is 31.2 Å². The van der Waals surface area contributed by atoms with Gasteiger partial charge in [0.25, 0.3) is 0 Å². The molecule has 0 N–H and O–H groups in total. The molecule has 0 fully saturated rings. The highest BCUT2D eigenvalue weighted by Gasteiger charge is 2.37. The van der Waals surface area contributed by atoms with Crippen molar-refractivity contribution in [2.24, 2.45) is 0 Å². The Labute approximate surface area is 126 Å². The molecule has 110 valence electrons. The first-order valence-corrected chi connectivity index (χ1v) is 7.36. The molecule has 21 heavy (non-hydrogen) atoms. The van der Waals surface area contributed by atoms with Crippen LogP contribution in [-0.4, -0.2) is 11.6 Å². The summed E-state index contributed by atoms with van der Waals surface area (Å²) in [5.41, 5.74) is 1.76. The summed E-state index contributed by atoms with van der Waals surface area (Å²) < 4.78 is 5.72. The summed E-state index contributed by atoms with van der Waals surface area (Å²) in [6.07, 6.45) is 0.751. The summed E-state index contributed by atoms with van der Waals surface area (Å²) in [5.74, 6) is -0.218. The lowest BCUT2D eigenvalue weighted by molar-refractivity contribution is -0.157. The SMILES string of the molecule is CC[C@@](C)(OC(C)=O)C(c1ccccc1)c1ccccc1. The van der Waals surface area contributed by atoms with Crippen LogP contribution in [0.1, 0.15) is 44.2 Å². The Morgan fingerprint density at radius 2 is 1.43 bits per heavy atom. The van der Waals surface area contributed by atoms with Gasteiger partial charge in [-0.15, -0.1) is 0 Å². The Balaban J connectivity index is 2.53. The number of hydrogen-bond donors (Lipinski definition) is 0. The van der Waals surface area contributed by atoms with Gasteiger partial charge in [-0.3, -0.25) is 4.79 Å². The minimum Gasteiger partial charge on any atom is -0.459 e. The predicted molar refractivity (Wildman–Crippen MR) is 85.2 cm³/mol. The van der Waals surface area contributed by atoms with Crippen LogP contribution in [0.25, 0.3) is 0 Å². The molecule has 0 saturated carbocycles. The van der Waals surface area contributed by atoms with Crippen molar-refractivity contribution in [3.63, 3.8) is 0 Å². The first kappa shape index (κ1) is 15.3. The number of hydrogen-bond acceptors (Lipinski definition) is 2. The molecule has 0 aliphatic rings. The molecule has 0 bridgehead atoms. The van der Waals surface area contributed by atoms with Gasteiger partial charge in [0.2, 0.25) is 0 Å². The normalized spacial score (nSPS) is 13.7. The fourth-order valence-electron chi connectivity index (χ4n) is 2.85. The second-order valence-corrected chi connectivity index (χ2v) is 5.51. The Hall–Kier alpha value is -2.09. The maximum Gasteiger partial charge on any atom is 0.303 e. The topological polar surface area (TPSA) is 26.3 Å². The van der Waals surface area contributed by atoms with Crippen LogP contribution >= 0.6 is 0 Å². The Bertz CT molecular complexity index is 538. The van der Waals surface area contributed by atoms with Crippen LogP contribution in [0.5, 0.6) is 0 Å². The van der Waals surface area contributed by atoms with E-state index < -0.39 is 5.60 Å². The van der Waals surface area contributed by atoms with E-state index in [1.807, 2.05) is 43.3 Å². The number of ether oxygens (including phenoxy) is 1. The average Bonchev–Trinajstić information content (AvgIpc) is 2.49. The van der Waals surface area contributed by atoms with E-state index in [0.717, 1.165) is 17.5 Å². The molecule has 0 aromatic heterocycles. The lowest BCUT2D eigenvalue weighted by atomic mass is 9.77. The molecule has 0 aliphatic carbocycles. The summed E-state index contributed by atoms with van der Waals surface area (Å²) in [4.78, 5) is 11.6. The standard InChI is InChI=1S/C19H22O2/c1-4-19(3,21-15(2)20)18(16-11-7-5-8-12-16)17-13-9-6-10-14-17/h5-14,18H,4H2,1-3H3/t19-/m1/s1. The smallest absolute Gasteiger partial charge is 0.303 e. The van der Waals surface area contributed by atoms with Gasteiger partial charge in [-0.1, -0.05) is 67.6 Å². The summed E-state index contributed by atoms with van der Waals surface area (Å²) in [6, 6.07) is 20.5. The fraction of sp³-hybridized carbons (Fsp3) is 0.316. The highest BCUT2D eigenvalue weighted by Crippen LogP contribution is 2.39. The minimum atomic E-state index is -0.561. The molecule has 1 atom stereocenters. The largest absolute Gasteiger partial charge is 0.459 e. The number of carbonyl (C=O) groups is 1. The van der Waals surface area contributed by atoms with Crippen LogP contribution in [0, 0.1) is 0 Å². The maximum absolute atomic E-state index is 11.6. The van der Waals surface area contributed by atoms with Gasteiger partial charge in [-0.2, -0.15) is 0 Å². The molecule has 0 heterocycles. The molecule has 2 aromatic rings. The van der Waals surface area contributed by atoms with Crippen molar-refractivity contribution in [2.75, 3.05) is 0 Å². The van der Waals surface area contributed by atoms with E-state index in [1.165, 1.54) is 6.92 Å². The fourth-order valence-corrected chi connectivity index (χ4v) is 2.85. The molecule has 0 spiro atoms. The monoisotopic (exact) mass is 282 g/mol. The van der Waals surface area contributed by atoms with Crippen LogP contribution in [0.3, 0.4) is 0 Å². The molecular formula is C19H22O2. The van der Waals surface area contributed by atoms with Crippen molar-refractivity contribution in [2.45, 2.75) is 38.7 Å². The third-order valence-electron chi connectivity index (χ3n) is 3.96. The van der Waals surface area contributed by atoms with Crippen molar-refractivity contribution in [1.29, 1.82) is 0 Å². The van der Waals surface area contributed by atoms with E-state index in [1.54, 1.807) is 0 Å². The van der Waals surface area contributed by atoms with Crippen LogP contribution in [0.2, 0.25) is 0 Å². The second-order valence-electron chi connectivity index (χ2n) is 5.51. The quantitative estimate of drug-likeness (QED) is 0.752. The van der Waals surface area contributed by atoms with Crippen LogP contribution in [0.15, 0.2) is 60.7 Å². The van der Waals surface area contributed by atoms with Crippen molar-refractivity contribution < 1.29 is 9.53 Å². The number of rotatable bonds is 5. The molecule has 0 amide bonds. The summed E-state index contributed by atoms with van der Waals surface area (Å²) in [7, 11) is 0. The molecule has 0 radical (unpaired) electrons. The van der Waals surface area contributed by atoms with E-state index in [4.69, 9.17) is 4.74 Å². The first-order chi connectivity index (χ1) is 10.1.